The summed E-state index contributed by atoms with van der Waals surface area (Å²) < 4.78 is 45.3. The Labute approximate surface area is 63.2 Å². The number of aliphatic imine (C=N–C) groups is 1. The van der Waals surface area contributed by atoms with Crippen LogP contribution in [0.4, 0.5) is 13.2 Å². The van der Waals surface area contributed by atoms with E-state index in [1.165, 1.54) is 0 Å². The molecule has 0 fully saturated rings. The zero-order valence-electron chi connectivity index (χ0n) is 5.00. The Kier molecular flexibility index (Phi) is 2.10. The Morgan fingerprint density at radius 1 is 1.45 bits per heavy atom. The molecule has 0 saturated heterocycles. The van der Waals surface area contributed by atoms with Gasteiger partial charge in [0.2, 0.25) is 0 Å². The van der Waals surface area contributed by atoms with Gasteiger partial charge in [0.15, 0.2) is 0 Å². The van der Waals surface area contributed by atoms with Crippen LogP contribution in [0.3, 0.4) is 0 Å². The summed E-state index contributed by atoms with van der Waals surface area (Å²) in [6, 6.07) is 0. The summed E-state index contributed by atoms with van der Waals surface area (Å²) in [5.74, 6) is 0. The molecule has 0 aliphatic carbocycles. The Morgan fingerprint density at radius 3 is 2.45 bits per heavy atom. The predicted molar refractivity (Wildman–Crippen MR) is 32.9 cm³/mol. The summed E-state index contributed by atoms with van der Waals surface area (Å²) >= 11 is -3.04. The first-order valence-electron chi connectivity index (χ1n) is 2.43. The van der Waals surface area contributed by atoms with Gasteiger partial charge >= 0.3 is 5.51 Å². The third kappa shape index (κ3) is 1.87. The van der Waals surface area contributed by atoms with E-state index < -0.39 is 21.7 Å². The topological polar surface area (TPSA) is 49.5 Å². The van der Waals surface area contributed by atoms with E-state index in [-0.39, 0.29) is 0 Å². The highest BCUT2D eigenvalue weighted by Gasteiger charge is 2.48. The van der Waals surface area contributed by atoms with E-state index in [9.17, 15) is 17.7 Å². The molecule has 0 amide bonds. The maximum Gasteiger partial charge on any atom is 0.579 e. The Morgan fingerprint density at radius 2 is 2.09 bits per heavy atom. The molecule has 0 spiro atoms. The lowest BCUT2D eigenvalue weighted by atomic mass is 10.9. The van der Waals surface area contributed by atoms with Gasteiger partial charge in [-0.25, -0.2) is 5.32 Å². The van der Waals surface area contributed by atoms with Crippen LogP contribution in [0, 0.1) is 0 Å². The van der Waals surface area contributed by atoms with Crippen molar-refractivity contribution in [2.75, 3.05) is 0 Å². The molecule has 0 aromatic heterocycles. The highest BCUT2D eigenvalue weighted by Crippen LogP contribution is 2.30. The highest BCUT2D eigenvalue weighted by molar-refractivity contribution is 7.96. The fraction of sp³-hybridized carbons (Fsp3) is 0.250. The van der Waals surface area contributed by atoms with E-state index in [4.69, 9.17) is 0 Å². The summed E-state index contributed by atoms with van der Waals surface area (Å²) in [4.78, 5) is 3.15. The second kappa shape index (κ2) is 2.74. The third-order valence-corrected chi connectivity index (χ3v) is 1.85. The van der Waals surface area contributed by atoms with Gasteiger partial charge in [0, 0.05) is 0 Å². The molecule has 0 N–H and O–H groups in total. The van der Waals surface area contributed by atoms with Gasteiger partial charge < -0.3 is 4.55 Å². The van der Waals surface area contributed by atoms with Crippen LogP contribution >= 0.6 is 0 Å². The van der Waals surface area contributed by atoms with Gasteiger partial charge in [-0.05, 0) is 0 Å². The number of halogens is 3. The zero-order valence-corrected chi connectivity index (χ0v) is 5.82. The van der Waals surface area contributed by atoms with E-state index >= 15 is 0 Å². The van der Waals surface area contributed by atoms with Crippen molar-refractivity contribution >= 4 is 17.5 Å². The van der Waals surface area contributed by atoms with Crippen molar-refractivity contribution in [2.24, 2.45) is 4.99 Å². The quantitative estimate of drug-likeness (QED) is 0.552. The average molecular weight is 183 g/mol. The first-order valence-corrected chi connectivity index (χ1v) is 3.58. The average Bonchev–Trinajstić information content (AvgIpc) is 2.34. The third-order valence-electron chi connectivity index (χ3n) is 0.837. The fourth-order valence-electron chi connectivity index (χ4n) is 0.435. The molecule has 1 heterocycles. The SMILES string of the molecule is [O-][S+](C1=C[N]C=N1)C(F)(F)F. The molecular formula is C4H2F3N2OS. The van der Waals surface area contributed by atoms with E-state index in [0.29, 0.717) is 0 Å². The molecule has 61 valence electrons. The first kappa shape index (κ1) is 8.41. The molecule has 1 unspecified atom stereocenters. The van der Waals surface area contributed by atoms with Crippen molar-refractivity contribution in [3.05, 3.63) is 11.2 Å². The van der Waals surface area contributed by atoms with Crippen LogP contribution < -0.4 is 5.32 Å². The van der Waals surface area contributed by atoms with E-state index in [0.717, 1.165) is 12.5 Å². The molecule has 0 bridgehead atoms. The van der Waals surface area contributed by atoms with Gasteiger partial charge in [0.25, 0.3) is 5.03 Å². The van der Waals surface area contributed by atoms with Crippen LogP contribution in [0.15, 0.2) is 16.2 Å². The van der Waals surface area contributed by atoms with Gasteiger partial charge in [-0.3, -0.25) is 0 Å². The van der Waals surface area contributed by atoms with Gasteiger partial charge in [0.05, 0.1) is 0 Å². The number of hydrogen-bond acceptors (Lipinski definition) is 2. The molecular weight excluding hydrogens is 181 g/mol. The Bertz CT molecular complexity index is 212. The minimum atomic E-state index is -4.75. The normalized spacial score (nSPS) is 19.5. The highest BCUT2D eigenvalue weighted by atomic mass is 32.2. The van der Waals surface area contributed by atoms with Crippen LogP contribution in [-0.2, 0) is 11.2 Å². The summed E-state index contributed by atoms with van der Waals surface area (Å²) in [6.07, 6.45) is 1.74. The number of rotatable bonds is 1. The number of hydrogen-bond donors (Lipinski definition) is 0. The second-order valence-electron chi connectivity index (χ2n) is 1.58. The first-order chi connectivity index (χ1) is 5.02. The molecule has 1 rings (SSSR count). The van der Waals surface area contributed by atoms with Crippen LogP contribution in [0.1, 0.15) is 0 Å². The lowest BCUT2D eigenvalue weighted by Gasteiger charge is -2.09. The number of nitrogens with zero attached hydrogens (tertiary/aromatic N) is 2. The van der Waals surface area contributed by atoms with Gasteiger partial charge in [-0.1, -0.05) is 0 Å². The minimum absolute atomic E-state index is 0.558. The fourth-order valence-corrected chi connectivity index (χ4v) is 0.972. The molecule has 0 aromatic carbocycles. The molecule has 1 aliphatic heterocycles. The maximum atomic E-state index is 11.6. The van der Waals surface area contributed by atoms with Gasteiger partial charge in [0.1, 0.15) is 23.7 Å². The Balaban J connectivity index is 2.68. The van der Waals surface area contributed by atoms with Crippen LogP contribution in [-0.4, -0.2) is 16.4 Å². The monoisotopic (exact) mass is 183 g/mol. The standard InChI is InChI=1S/C4H2F3N2OS/c5-4(6,7)11(10)3-1-8-2-9-3/h1-2H. The molecule has 0 saturated carbocycles. The van der Waals surface area contributed by atoms with Crippen LogP contribution in [0.5, 0.6) is 0 Å². The van der Waals surface area contributed by atoms with E-state index in [2.05, 4.69) is 10.3 Å². The summed E-state index contributed by atoms with van der Waals surface area (Å²) in [5, 5.41) is 2.69. The lowest BCUT2D eigenvalue weighted by Crippen LogP contribution is -2.23. The second-order valence-corrected chi connectivity index (χ2v) is 2.99. The smallest absolute Gasteiger partial charge is 0.579 e. The molecule has 1 atom stereocenters. The van der Waals surface area contributed by atoms with Crippen molar-refractivity contribution in [3.8, 4) is 0 Å². The van der Waals surface area contributed by atoms with Crippen molar-refractivity contribution in [1.29, 1.82) is 0 Å². The van der Waals surface area contributed by atoms with Crippen molar-refractivity contribution < 1.29 is 17.7 Å². The Hall–Kier alpha value is -0.690. The molecule has 1 aliphatic rings. The molecule has 1 radical (unpaired) electrons. The van der Waals surface area contributed by atoms with E-state index in [1.807, 2.05) is 0 Å². The number of alkyl halides is 3. The molecule has 7 heteroatoms. The minimum Gasteiger partial charge on any atom is -0.603 e. The van der Waals surface area contributed by atoms with Gasteiger partial charge in [-0.2, -0.15) is 4.99 Å². The molecule has 3 nitrogen and oxygen atoms in total. The molecule has 11 heavy (non-hydrogen) atoms. The predicted octanol–water partition coefficient (Wildman–Crippen LogP) is 0.700. The summed E-state index contributed by atoms with van der Waals surface area (Å²) in [5.41, 5.74) is -4.75. The summed E-state index contributed by atoms with van der Waals surface area (Å²) in [6.45, 7) is 0. The summed E-state index contributed by atoms with van der Waals surface area (Å²) in [7, 11) is 0. The van der Waals surface area contributed by atoms with Crippen molar-refractivity contribution in [2.45, 2.75) is 5.51 Å². The van der Waals surface area contributed by atoms with Gasteiger partial charge in [-0.15, -0.1) is 13.2 Å². The lowest BCUT2D eigenvalue weighted by molar-refractivity contribution is -0.0426. The van der Waals surface area contributed by atoms with Crippen molar-refractivity contribution in [3.63, 3.8) is 0 Å². The molecule has 0 aromatic rings. The maximum absolute atomic E-state index is 11.6. The van der Waals surface area contributed by atoms with Crippen LogP contribution in [0.2, 0.25) is 0 Å². The van der Waals surface area contributed by atoms with E-state index in [1.54, 1.807) is 0 Å². The van der Waals surface area contributed by atoms with Crippen molar-refractivity contribution in [1.82, 2.24) is 5.32 Å². The van der Waals surface area contributed by atoms with Crippen LogP contribution in [0.25, 0.3) is 0 Å². The largest absolute Gasteiger partial charge is 0.603 e. The zero-order chi connectivity index (χ0) is 8.48.